The van der Waals surface area contributed by atoms with Crippen molar-refractivity contribution >= 4 is 23.7 Å². The molecule has 2 unspecified atom stereocenters. The van der Waals surface area contributed by atoms with Crippen molar-refractivity contribution in [2.45, 2.75) is 62.5 Å². The molecular weight excluding hydrogens is 336 g/mol. The van der Waals surface area contributed by atoms with Crippen molar-refractivity contribution in [2.24, 2.45) is 0 Å². The van der Waals surface area contributed by atoms with Gasteiger partial charge < -0.3 is 14.5 Å². The fraction of sp³-hybridized carbons (Fsp3) is 0.650. The molecule has 4 bridgehead atoms. The Morgan fingerprint density at radius 1 is 1.20 bits per heavy atom. The maximum atomic E-state index is 12.2. The number of carbonyl (C=O) groups excluding carboxylic acids is 1. The van der Waals surface area contributed by atoms with Crippen LogP contribution in [0.1, 0.15) is 56.4 Å². The second-order valence-corrected chi connectivity index (χ2v) is 8.67. The number of amides is 1. The molecule has 1 aliphatic carbocycles. The molecule has 4 nitrogen and oxygen atoms in total. The van der Waals surface area contributed by atoms with Crippen LogP contribution in [0.2, 0.25) is 5.02 Å². The summed E-state index contributed by atoms with van der Waals surface area (Å²) >= 11 is 6.49. The summed E-state index contributed by atoms with van der Waals surface area (Å²) in [6.07, 6.45) is 9.08. The normalized spacial score (nSPS) is 35.6. The van der Waals surface area contributed by atoms with Gasteiger partial charge in [-0.3, -0.25) is 4.79 Å². The molecule has 25 heavy (non-hydrogen) atoms. The summed E-state index contributed by atoms with van der Waals surface area (Å²) in [4.78, 5) is 16.7. The van der Waals surface area contributed by atoms with Gasteiger partial charge in [0.25, 0.3) is 0 Å². The van der Waals surface area contributed by atoms with E-state index in [4.69, 9.17) is 16.3 Å². The van der Waals surface area contributed by atoms with Crippen molar-refractivity contribution in [3.8, 4) is 5.75 Å². The molecule has 1 saturated carbocycles. The quantitative estimate of drug-likeness (QED) is 0.765. The predicted molar refractivity (Wildman–Crippen MR) is 98.6 cm³/mol. The maximum Gasteiger partial charge on any atom is 0.214 e. The van der Waals surface area contributed by atoms with Gasteiger partial charge in [-0.05, 0) is 63.0 Å². The number of hydrogen-bond acceptors (Lipinski definition) is 3. The van der Waals surface area contributed by atoms with Gasteiger partial charge in [-0.2, -0.15) is 0 Å². The number of rotatable bonds is 3. The van der Waals surface area contributed by atoms with E-state index in [1.165, 1.54) is 18.4 Å². The maximum absolute atomic E-state index is 12.2. The van der Waals surface area contributed by atoms with E-state index in [0.717, 1.165) is 74.6 Å². The molecule has 0 spiro atoms. The number of fused-ring (bicyclic) bond motifs is 7. The van der Waals surface area contributed by atoms with Gasteiger partial charge >= 0.3 is 0 Å². The molecule has 1 aromatic carbocycles. The highest BCUT2D eigenvalue weighted by Gasteiger charge is 2.46. The topological polar surface area (TPSA) is 32.8 Å². The highest BCUT2D eigenvalue weighted by Crippen LogP contribution is 2.51. The van der Waals surface area contributed by atoms with Crippen LogP contribution in [0.3, 0.4) is 0 Å². The molecule has 134 valence electrons. The first-order valence-corrected chi connectivity index (χ1v) is 10.0. The lowest BCUT2D eigenvalue weighted by Crippen LogP contribution is -2.61. The standard InChI is InChI=1S/C20H25ClN2O2/c21-15-11-17-14-2-1-3-16(10-14)25-19(17)18(12-15)23(13-24)20-4-7-22(8-5-20)9-6-20/h11-14,16H,1-10H2. The van der Waals surface area contributed by atoms with Crippen molar-refractivity contribution in [1.82, 2.24) is 4.90 Å². The molecule has 5 aliphatic rings. The minimum atomic E-state index is -0.0646. The van der Waals surface area contributed by atoms with Crippen LogP contribution in [0.4, 0.5) is 5.69 Å². The second-order valence-electron chi connectivity index (χ2n) is 8.24. The van der Waals surface area contributed by atoms with E-state index in [-0.39, 0.29) is 5.54 Å². The van der Waals surface area contributed by atoms with Crippen LogP contribution in [-0.4, -0.2) is 42.6 Å². The summed E-state index contributed by atoms with van der Waals surface area (Å²) < 4.78 is 6.40. The van der Waals surface area contributed by atoms with Gasteiger partial charge in [-0.15, -0.1) is 0 Å². The Kier molecular flexibility index (Phi) is 3.75. The molecule has 0 N–H and O–H groups in total. The summed E-state index contributed by atoms with van der Waals surface area (Å²) in [5.41, 5.74) is 2.06. The smallest absolute Gasteiger partial charge is 0.214 e. The SMILES string of the molecule is O=CN(c1cc(Cl)cc2c1OC1CCCC2C1)C12CCN(CC1)CC2. The Morgan fingerprint density at radius 3 is 2.68 bits per heavy atom. The molecule has 0 radical (unpaired) electrons. The van der Waals surface area contributed by atoms with Crippen LogP contribution < -0.4 is 9.64 Å². The van der Waals surface area contributed by atoms with Crippen LogP contribution in [0, 0.1) is 0 Å². The summed E-state index contributed by atoms with van der Waals surface area (Å²) in [7, 11) is 0. The van der Waals surface area contributed by atoms with Crippen LogP contribution in [-0.2, 0) is 4.79 Å². The highest BCUT2D eigenvalue weighted by atomic mass is 35.5. The Hall–Kier alpha value is -1.26. The number of ether oxygens (including phenoxy) is 1. The average molecular weight is 361 g/mol. The zero-order chi connectivity index (χ0) is 17.0. The van der Waals surface area contributed by atoms with Gasteiger partial charge in [0.2, 0.25) is 6.41 Å². The van der Waals surface area contributed by atoms with Gasteiger partial charge in [0.15, 0.2) is 0 Å². The van der Waals surface area contributed by atoms with Crippen LogP contribution in [0.5, 0.6) is 5.75 Å². The molecule has 1 aromatic rings. The zero-order valence-corrected chi connectivity index (χ0v) is 15.3. The van der Waals surface area contributed by atoms with Gasteiger partial charge in [0, 0.05) is 30.2 Å². The highest BCUT2D eigenvalue weighted by molar-refractivity contribution is 6.31. The lowest BCUT2D eigenvalue weighted by Gasteiger charge is -2.53. The summed E-state index contributed by atoms with van der Waals surface area (Å²) in [5, 5.41) is 0.720. The number of nitrogens with zero attached hydrogens (tertiary/aromatic N) is 2. The molecule has 0 aromatic heterocycles. The number of piperidine rings is 3. The van der Waals surface area contributed by atoms with Crippen molar-refractivity contribution in [2.75, 3.05) is 24.5 Å². The molecule has 6 rings (SSSR count). The Balaban J connectivity index is 1.61. The van der Waals surface area contributed by atoms with Crippen molar-refractivity contribution in [3.63, 3.8) is 0 Å². The van der Waals surface area contributed by atoms with E-state index in [9.17, 15) is 4.79 Å². The molecular formula is C20H25ClN2O2. The van der Waals surface area contributed by atoms with Crippen LogP contribution in [0.25, 0.3) is 0 Å². The number of carbonyl (C=O) groups is 1. The molecule has 4 heterocycles. The zero-order valence-electron chi connectivity index (χ0n) is 14.5. The lowest BCUT2D eigenvalue weighted by molar-refractivity contribution is -0.109. The van der Waals surface area contributed by atoms with E-state index >= 15 is 0 Å². The molecule has 3 saturated heterocycles. The third kappa shape index (κ3) is 2.48. The number of halogens is 1. The third-order valence-corrected chi connectivity index (χ3v) is 7.19. The number of hydrogen-bond donors (Lipinski definition) is 0. The first-order chi connectivity index (χ1) is 12.2. The molecule has 2 atom stereocenters. The average Bonchev–Trinajstić information content (AvgIpc) is 2.65. The first kappa shape index (κ1) is 16.0. The Labute approximate surface area is 154 Å². The summed E-state index contributed by atoms with van der Waals surface area (Å²) in [5.74, 6) is 1.46. The van der Waals surface area contributed by atoms with E-state index in [2.05, 4.69) is 11.0 Å². The second kappa shape index (κ2) is 5.88. The number of anilines is 1. The molecule has 1 amide bonds. The summed E-state index contributed by atoms with van der Waals surface area (Å²) in [6, 6.07) is 4.02. The Morgan fingerprint density at radius 2 is 1.96 bits per heavy atom. The molecule has 4 fully saturated rings. The fourth-order valence-electron chi connectivity index (χ4n) is 5.51. The van der Waals surface area contributed by atoms with Gasteiger partial charge in [-0.1, -0.05) is 11.6 Å². The minimum Gasteiger partial charge on any atom is -0.488 e. The van der Waals surface area contributed by atoms with E-state index < -0.39 is 0 Å². The van der Waals surface area contributed by atoms with Gasteiger partial charge in [0.05, 0.1) is 17.3 Å². The molecule has 5 heteroatoms. The van der Waals surface area contributed by atoms with Crippen LogP contribution in [0.15, 0.2) is 12.1 Å². The van der Waals surface area contributed by atoms with Crippen molar-refractivity contribution in [3.05, 3.63) is 22.7 Å². The van der Waals surface area contributed by atoms with E-state index in [1.807, 2.05) is 11.0 Å². The summed E-state index contributed by atoms with van der Waals surface area (Å²) in [6.45, 7) is 3.25. The monoisotopic (exact) mass is 360 g/mol. The first-order valence-electron chi connectivity index (χ1n) is 9.66. The molecule has 4 aliphatic heterocycles. The minimum absolute atomic E-state index is 0.0646. The van der Waals surface area contributed by atoms with Gasteiger partial charge in [-0.25, -0.2) is 0 Å². The van der Waals surface area contributed by atoms with Gasteiger partial charge in [0.1, 0.15) is 5.75 Å². The van der Waals surface area contributed by atoms with Crippen molar-refractivity contribution in [1.29, 1.82) is 0 Å². The number of benzene rings is 1. The predicted octanol–water partition coefficient (Wildman–Crippen LogP) is 3.96. The Bertz CT molecular complexity index is 685. The largest absolute Gasteiger partial charge is 0.488 e. The van der Waals surface area contributed by atoms with E-state index in [0.29, 0.717) is 12.0 Å². The fourth-order valence-corrected chi connectivity index (χ4v) is 5.73. The van der Waals surface area contributed by atoms with Crippen molar-refractivity contribution < 1.29 is 9.53 Å². The third-order valence-electron chi connectivity index (χ3n) is 6.97. The lowest BCUT2D eigenvalue weighted by atomic mass is 9.77. The van der Waals surface area contributed by atoms with Crippen LogP contribution >= 0.6 is 11.6 Å². The van der Waals surface area contributed by atoms with E-state index in [1.54, 1.807) is 0 Å².